The molecule has 0 atom stereocenters. The molecule has 21 heavy (non-hydrogen) atoms. The van der Waals surface area contributed by atoms with Crippen LogP contribution in [0.4, 0.5) is 0 Å². The fraction of sp³-hybridized carbons (Fsp3) is 0.0625. The average molecular weight is 335 g/mol. The normalized spacial score (nSPS) is 10.8. The topological polar surface area (TPSA) is 17.8 Å². The average Bonchev–Trinajstić information content (AvgIpc) is 2.92. The van der Waals surface area contributed by atoms with E-state index in [0.29, 0.717) is 10.0 Å². The number of thioether (sulfide) groups is 1. The summed E-state index contributed by atoms with van der Waals surface area (Å²) in [5.41, 5.74) is 1.92. The summed E-state index contributed by atoms with van der Waals surface area (Å²) >= 11 is 13.9. The van der Waals surface area contributed by atoms with Crippen LogP contribution in [-0.4, -0.2) is 15.8 Å². The Bertz CT molecular complexity index is 766. The van der Waals surface area contributed by atoms with E-state index in [9.17, 15) is 0 Å². The summed E-state index contributed by atoms with van der Waals surface area (Å²) in [5.74, 6) is 0.826. The van der Waals surface area contributed by atoms with E-state index in [-0.39, 0.29) is 0 Å². The van der Waals surface area contributed by atoms with Crippen molar-refractivity contribution in [3.05, 3.63) is 64.8 Å². The lowest BCUT2D eigenvalue weighted by Crippen LogP contribution is -1.99. The van der Waals surface area contributed by atoms with Gasteiger partial charge in [-0.15, -0.1) is 11.8 Å². The second-order valence-electron chi connectivity index (χ2n) is 4.42. The Morgan fingerprint density at radius 3 is 2.38 bits per heavy atom. The Labute approximate surface area is 137 Å². The van der Waals surface area contributed by atoms with Gasteiger partial charge < -0.3 is 0 Å². The molecule has 0 spiro atoms. The third-order valence-electron chi connectivity index (χ3n) is 3.14. The first-order chi connectivity index (χ1) is 10.2. The number of halogens is 2. The van der Waals surface area contributed by atoms with Crippen molar-refractivity contribution < 1.29 is 0 Å². The summed E-state index contributed by atoms with van der Waals surface area (Å²) in [6, 6.07) is 15.4. The second kappa shape index (κ2) is 6.14. The summed E-state index contributed by atoms with van der Waals surface area (Å²) in [4.78, 5) is 4.54. The van der Waals surface area contributed by atoms with E-state index in [1.165, 1.54) is 0 Å². The summed E-state index contributed by atoms with van der Waals surface area (Å²) in [7, 11) is 0. The van der Waals surface area contributed by atoms with Crippen molar-refractivity contribution in [3.63, 3.8) is 0 Å². The predicted octanol–water partition coefficient (Wildman–Crippen LogP) is 5.57. The third kappa shape index (κ3) is 2.82. The Morgan fingerprint density at radius 1 is 1.00 bits per heavy atom. The number of hydrogen-bond donors (Lipinski definition) is 0. The molecular formula is C16H12Cl2N2S. The monoisotopic (exact) mass is 334 g/mol. The minimum atomic E-state index is 0.686. The highest BCUT2D eigenvalue weighted by Gasteiger charge is 2.15. The lowest BCUT2D eigenvalue weighted by Gasteiger charge is -2.12. The summed E-state index contributed by atoms with van der Waals surface area (Å²) in [6.45, 7) is 0. The van der Waals surface area contributed by atoms with Crippen LogP contribution >= 0.6 is 35.0 Å². The van der Waals surface area contributed by atoms with Gasteiger partial charge in [0.1, 0.15) is 5.82 Å². The van der Waals surface area contributed by atoms with Gasteiger partial charge in [-0.25, -0.2) is 4.98 Å². The Balaban J connectivity index is 2.22. The van der Waals surface area contributed by atoms with Crippen LogP contribution in [0, 0.1) is 0 Å². The Kier molecular flexibility index (Phi) is 4.24. The standard InChI is InChI=1S/C16H12Cl2N2S/c1-21-15-10-19-16(13-4-2-3-5-14(13)18)20(15)12-8-6-11(17)7-9-12/h2-10H,1H3. The number of hydrogen-bond acceptors (Lipinski definition) is 2. The van der Waals surface area contributed by atoms with E-state index in [1.54, 1.807) is 11.8 Å². The van der Waals surface area contributed by atoms with Crippen LogP contribution in [0.15, 0.2) is 59.8 Å². The minimum Gasteiger partial charge on any atom is -0.287 e. The molecule has 0 aliphatic carbocycles. The maximum Gasteiger partial charge on any atom is 0.146 e. The van der Waals surface area contributed by atoms with Crippen molar-refractivity contribution in [3.8, 4) is 17.1 Å². The van der Waals surface area contributed by atoms with Crippen LogP contribution in [0.2, 0.25) is 10.0 Å². The van der Waals surface area contributed by atoms with E-state index in [4.69, 9.17) is 23.2 Å². The zero-order valence-electron chi connectivity index (χ0n) is 11.3. The van der Waals surface area contributed by atoms with E-state index >= 15 is 0 Å². The van der Waals surface area contributed by atoms with Gasteiger partial charge in [-0.05, 0) is 42.7 Å². The van der Waals surface area contributed by atoms with E-state index < -0.39 is 0 Å². The van der Waals surface area contributed by atoms with Crippen LogP contribution in [0.5, 0.6) is 0 Å². The first kappa shape index (κ1) is 14.5. The molecule has 2 aromatic carbocycles. The first-order valence-corrected chi connectivity index (χ1v) is 8.31. The molecule has 0 saturated heterocycles. The lowest BCUT2D eigenvalue weighted by atomic mass is 10.2. The molecule has 1 aromatic heterocycles. The molecule has 3 rings (SSSR count). The molecule has 0 aliphatic heterocycles. The number of benzene rings is 2. The van der Waals surface area contributed by atoms with Gasteiger partial charge in [-0.1, -0.05) is 35.3 Å². The van der Waals surface area contributed by atoms with Gasteiger partial charge in [-0.2, -0.15) is 0 Å². The van der Waals surface area contributed by atoms with Gasteiger partial charge in [0.05, 0.1) is 16.2 Å². The van der Waals surface area contributed by atoms with Gasteiger partial charge in [0.2, 0.25) is 0 Å². The van der Waals surface area contributed by atoms with E-state index in [1.807, 2.05) is 61.0 Å². The van der Waals surface area contributed by atoms with Gasteiger partial charge in [0.15, 0.2) is 0 Å². The molecule has 106 valence electrons. The molecule has 3 aromatic rings. The van der Waals surface area contributed by atoms with Crippen molar-refractivity contribution in [2.24, 2.45) is 0 Å². The highest BCUT2D eigenvalue weighted by atomic mass is 35.5. The molecule has 0 radical (unpaired) electrons. The van der Waals surface area contributed by atoms with Gasteiger partial charge >= 0.3 is 0 Å². The number of imidazole rings is 1. The summed E-state index contributed by atoms with van der Waals surface area (Å²) in [6.07, 6.45) is 3.89. The van der Waals surface area contributed by atoms with Crippen LogP contribution in [0.25, 0.3) is 17.1 Å². The van der Waals surface area contributed by atoms with Crippen molar-refractivity contribution in [1.82, 2.24) is 9.55 Å². The van der Waals surface area contributed by atoms with Crippen LogP contribution in [-0.2, 0) is 0 Å². The second-order valence-corrected chi connectivity index (χ2v) is 6.09. The molecule has 0 N–H and O–H groups in total. The molecule has 5 heteroatoms. The van der Waals surface area contributed by atoms with Crippen LogP contribution in [0.3, 0.4) is 0 Å². The summed E-state index contributed by atoms with van der Waals surface area (Å²) in [5, 5.41) is 2.45. The van der Waals surface area contributed by atoms with Gasteiger partial charge in [0, 0.05) is 16.3 Å². The zero-order valence-corrected chi connectivity index (χ0v) is 13.6. The maximum atomic E-state index is 6.31. The van der Waals surface area contributed by atoms with Crippen LogP contribution in [0.1, 0.15) is 0 Å². The minimum absolute atomic E-state index is 0.686. The maximum absolute atomic E-state index is 6.31. The quantitative estimate of drug-likeness (QED) is 0.583. The molecule has 2 nitrogen and oxygen atoms in total. The van der Waals surface area contributed by atoms with E-state index in [2.05, 4.69) is 9.55 Å². The van der Waals surface area contributed by atoms with Crippen molar-refractivity contribution >= 4 is 35.0 Å². The molecule has 0 aliphatic rings. The highest BCUT2D eigenvalue weighted by Crippen LogP contribution is 2.32. The van der Waals surface area contributed by atoms with Crippen molar-refractivity contribution in [2.75, 3.05) is 6.26 Å². The number of aromatic nitrogens is 2. The Hall–Kier alpha value is -1.42. The van der Waals surface area contributed by atoms with Crippen molar-refractivity contribution in [1.29, 1.82) is 0 Å². The summed E-state index contributed by atoms with van der Waals surface area (Å²) < 4.78 is 2.09. The van der Waals surface area contributed by atoms with Gasteiger partial charge in [-0.3, -0.25) is 4.57 Å². The molecule has 1 heterocycles. The first-order valence-electron chi connectivity index (χ1n) is 6.33. The highest BCUT2D eigenvalue weighted by molar-refractivity contribution is 7.98. The molecule has 0 unspecified atom stereocenters. The lowest BCUT2D eigenvalue weighted by molar-refractivity contribution is 0.962. The molecule has 0 fully saturated rings. The number of nitrogens with zero attached hydrogens (tertiary/aromatic N) is 2. The molecule has 0 bridgehead atoms. The van der Waals surface area contributed by atoms with E-state index in [0.717, 1.165) is 22.1 Å². The van der Waals surface area contributed by atoms with Gasteiger partial charge in [0.25, 0.3) is 0 Å². The Morgan fingerprint density at radius 2 is 1.71 bits per heavy atom. The fourth-order valence-electron chi connectivity index (χ4n) is 2.15. The predicted molar refractivity (Wildman–Crippen MR) is 90.8 cm³/mol. The number of rotatable bonds is 3. The molecular weight excluding hydrogens is 323 g/mol. The van der Waals surface area contributed by atoms with Crippen molar-refractivity contribution in [2.45, 2.75) is 5.03 Å². The molecule has 0 amide bonds. The fourth-order valence-corrected chi connectivity index (χ4v) is 3.03. The van der Waals surface area contributed by atoms with Crippen LogP contribution < -0.4 is 0 Å². The zero-order chi connectivity index (χ0) is 14.8. The molecule has 0 saturated carbocycles. The third-order valence-corrected chi connectivity index (χ3v) is 4.43. The smallest absolute Gasteiger partial charge is 0.146 e. The SMILES string of the molecule is CSc1cnc(-c2ccccc2Cl)n1-c1ccc(Cl)cc1. The largest absolute Gasteiger partial charge is 0.287 e.